The topological polar surface area (TPSA) is 35.6 Å². The zero-order chi connectivity index (χ0) is 13.0. The van der Waals surface area contributed by atoms with E-state index in [0.717, 1.165) is 32.6 Å². The van der Waals surface area contributed by atoms with E-state index in [1.54, 1.807) is 0 Å². The van der Waals surface area contributed by atoms with Crippen molar-refractivity contribution in [3.8, 4) is 0 Å². The maximum atomic E-state index is 12.0. The van der Waals surface area contributed by atoms with E-state index in [1.807, 2.05) is 0 Å². The molecule has 0 aromatic heterocycles. The lowest BCUT2D eigenvalue weighted by Crippen LogP contribution is -2.50. The second-order valence-electron chi connectivity index (χ2n) is 6.02. The Morgan fingerprint density at radius 1 is 1.16 bits per heavy atom. The van der Waals surface area contributed by atoms with Gasteiger partial charge in [-0.3, -0.25) is 9.69 Å². The number of halogens is 1. The molecule has 112 valence electrons. The van der Waals surface area contributed by atoms with Crippen molar-refractivity contribution >= 4 is 18.3 Å². The number of nitrogens with zero attached hydrogens (tertiary/aromatic N) is 2. The highest BCUT2D eigenvalue weighted by Gasteiger charge is 2.24. The highest BCUT2D eigenvalue weighted by Crippen LogP contribution is 2.23. The minimum Gasteiger partial charge on any atom is -0.352 e. The van der Waals surface area contributed by atoms with Crippen LogP contribution in [0, 0.1) is 5.92 Å². The molecule has 0 aromatic rings. The van der Waals surface area contributed by atoms with Gasteiger partial charge in [0.15, 0.2) is 0 Å². The molecule has 1 aliphatic carbocycles. The van der Waals surface area contributed by atoms with Crippen molar-refractivity contribution in [2.75, 3.05) is 39.8 Å². The molecule has 0 aromatic carbocycles. The highest BCUT2D eigenvalue weighted by molar-refractivity contribution is 5.85. The molecular weight excluding hydrogens is 262 g/mol. The van der Waals surface area contributed by atoms with E-state index in [-0.39, 0.29) is 18.3 Å². The fourth-order valence-corrected chi connectivity index (χ4v) is 2.99. The van der Waals surface area contributed by atoms with Gasteiger partial charge in [0.2, 0.25) is 5.91 Å². The lowest BCUT2D eigenvalue weighted by Gasteiger charge is -2.33. The van der Waals surface area contributed by atoms with Crippen molar-refractivity contribution in [1.82, 2.24) is 15.1 Å². The van der Waals surface area contributed by atoms with E-state index in [0.29, 0.717) is 18.5 Å². The second kappa shape index (κ2) is 8.08. The van der Waals surface area contributed by atoms with Crippen molar-refractivity contribution < 1.29 is 4.79 Å². The zero-order valence-corrected chi connectivity index (χ0v) is 13.0. The number of carbonyl (C=O) groups excluding carboxylic acids is 1. The molecule has 4 nitrogen and oxygen atoms in total. The molecule has 19 heavy (non-hydrogen) atoms. The molecule has 1 saturated carbocycles. The van der Waals surface area contributed by atoms with Gasteiger partial charge in [0.05, 0.1) is 6.54 Å². The Bertz CT molecular complexity index is 280. The second-order valence-corrected chi connectivity index (χ2v) is 6.02. The van der Waals surface area contributed by atoms with Crippen LogP contribution in [0.4, 0.5) is 0 Å². The first-order valence-corrected chi connectivity index (χ1v) is 7.35. The van der Waals surface area contributed by atoms with E-state index in [4.69, 9.17) is 0 Å². The average molecular weight is 290 g/mol. The van der Waals surface area contributed by atoms with Crippen LogP contribution in [0.25, 0.3) is 0 Å². The van der Waals surface area contributed by atoms with Crippen LogP contribution in [0.5, 0.6) is 0 Å². The predicted octanol–water partition coefficient (Wildman–Crippen LogP) is 1.35. The Morgan fingerprint density at radius 2 is 1.79 bits per heavy atom. The molecule has 1 amide bonds. The van der Waals surface area contributed by atoms with Crippen molar-refractivity contribution in [3.05, 3.63) is 0 Å². The largest absolute Gasteiger partial charge is 0.352 e. The van der Waals surface area contributed by atoms with Crippen molar-refractivity contribution in [3.63, 3.8) is 0 Å². The number of nitrogens with one attached hydrogen (secondary N) is 1. The van der Waals surface area contributed by atoms with Gasteiger partial charge in [0.25, 0.3) is 0 Å². The maximum absolute atomic E-state index is 12.0. The first-order chi connectivity index (χ1) is 8.65. The summed E-state index contributed by atoms with van der Waals surface area (Å²) >= 11 is 0. The number of hydrogen-bond acceptors (Lipinski definition) is 3. The van der Waals surface area contributed by atoms with Crippen LogP contribution in [-0.4, -0.2) is 61.5 Å². The summed E-state index contributed by atoms with van der Waals surface area (Å²) in [5, 5.41) is 3.23. The van der Waals surface area contributed by atoms with E-state index in [2.05, 4.69) is 29.1 Å². The number of likely N-dealkylation sites (N-methyl/N-ethyl adjacent to an activating group) is 1. The molecule has 0 radical (unpaired) electrons. The fourth-order valence-electron chi connectivity index (χ4n) is 2.99. The van der Waals surface area contributed by atoms with Gasteiger partial charge in [0.1, 0.15) is 0 Å². The van der Waals surface area contributed by atoms with Gasteiger partial charge in [-0.25, -0.2) is 0 Å². The Morgan fingerprint density at radius 3 is 2.42 bits per heavy atom. The molecule has 1 N–H and O–H groups in total. The summed E-state index contributed by atoms with van der Waals surface area (Å²) in [5.41, 5.74) is 0. The van der Waals surface area contributed by atoms with Crippen molar-refractivity contribution in [2.45, 2.75) is 38.6 Å². The average Bonchev–Trinajstić information content (AvgIpc) is 2.35. The van der Waals surface area contributed by atoms with Gasteiger partial charge in [-0.15, -0.1) is 12.4 Å². The minimum absolute atomic E-state index is 0. The molecule has 1 heterocycles. The van der Waals surface area contributed by atoms with Gasteiger partial charge in [0, 0.05) is 32.2 Å². The smallest absolute Gasteiger partial charge is 0.234 e. The third-order valence-electron chi connectivity index (χ3n) is 4.42. The minimum atomic E-state index is 0. The zero-order valence-electron chi connectivity index (χ0n) is 12.2. The van der Waals surface area contributed by atoms with Crippen LogP contribution in [-0.2, 0) is 4.79 Å². The molecule has 1 aliphatic heterocycles. The lowest BCUT2D eigenvalue weighted by atomic mass is 9.86. The number of amides is 1. The van der Waals surface area contributed by atoms with Gasteiger partial charge in [-0.05, 0) is 25.8 Å². The Kier molecular flexibility index (Phi) is 7.11. The fraction of sp³-hybridized carbons (Fsp3) is 0.929. The summed E-state index contributed by atoms with van der Waals surface area (Å²) in [6, 6.07) is 0.415. The van der Waals surface area contributed by atoms with Gasteiger partial charge < -0.3 is 10.2 Å². The summed E-state index contributed by atoms with van der Waals surface area (Å²) in [6.45, 7) is 7.03. The number of rotatable bonds is 3. The summed E-state index contributed by atoms with van der Waals surface area (Å²) in [5.74, 6) is 0.869. The Balaban J connectivity index is 0.00000180. The third-order valence-corrected chi connectivity index (χ3v) is 4.42. The SMILES string of the molecule is CC1CCCCC1NC(=O)CN1CCN(C)CC1.Cl. The summed E-state index contributed by atoms with van der Waals surface area (Å²) in [7, 11) is 2.14. The molecule has 0 spiro atoms. The summed E-state index contributed by atoms with van der Waals surface area (Å²) in [4.78, 5) is 16.6. The third kappa shape index (κ3) is 5.28. The molecule has 5 heteroatoms. The van der Waals surface area contributed by atoms with Gasteiger partial charge >= 0.3 is 0 Å². The lowest BCUT2D eigenvalue weighted by molar-refractivity contribution is -0.123. The quantitative estimate of drug-likeness (QED) is 0.852. The predicted molar refractivity (Wildman–Crippen MR) is 80.7 cm³/mol. The van der Waals surface area contributed by atoms with Crippen LogP contribution in [0.1, 0.15) is 32.6 Å². The van der Waals surface area contributed by atoms with Crippen LogP contribution in [0.2, 0.25) is 0 Å². The molecule has 1 saturated heterocycles. The van der Waals surface area contributed by atoms with Gasteiger partial charge in [-0.2, -0.15) is 0 Å². The Labute approximate surface area is 123 Å². The van der Waals surface area contributed by atoms with Crippen molar-refractivity contribution in [2.24, 2.45) is 5.92 Å². The van der Waals surface area contributed by atoms with E-state index < -0.39 is 0 Å². The molecular formula is C14H28ClN3O. The normalized spacial score (nSPS) is 29.6. The molecule has 2 rings (SSSR count). The van der Waals surface area contributed by atoms with Crippen LogP contribution < -0.4 is 5.32 Å². The first-order valence-electron chi connectivity index (χ1n) is 7.35. The molecule has 0 bridgehead atoms. The maximum Gasteiger partial charge on any atom is 0.234 e. The van der Waals surface area contributed by atoms with E-state index in [1.165, 1.54) is 19.3 Å². The number of carbonyl (C=O) groups is 1. The Hall–Kier alpha value is -0.320. The molecule has 2 unspecified atom stereocenters. The molecule has 2 aliphatic rings. The number of hydrogen-bond donors (Lipinski definition) is 1. The van der Waals surface area contributed by atoms with Crippen LogP contribution in [0.15, 0.2) is 0 Å². The summed E-state index contributed by atoms with van der Waals surface area (Å²) < 4.78 is 0. The number of piperazine rings is 1. The van der Waals surface area contributed by atoms with E-state index in [9.17, 15) is 4.79 Å². The highest BCUT2D eigenvalue weighted by atomic mass is 35.5. The first kappa shape index (κ1) is 16.7. The van der Waals surface area contributed by atoms with Crippen LogP contribution in [0.3, 0.4) is 0 Å². The molecule has 2 atom stereocenters. The monoisotopic (exact) mass is 289 g/mol. The molecule has 2 fully saturated rings. The standard InChI is InChI=1S/C14H27N3O.ClH/c1-12-5-3-4-6-13(12)15-14(18)11-17-9-7-16(2)8-10-17;/h12-13H,3-11H2,1-2H3,(H,15,18);1H. The van der Waals surface area contributed by atoms with E-state index >= 15 is 0 Å². The van der Waals surface area contributed by atoms with Crippen molar-refractivity contribution in [1.29, 1.82) is 0 Å². The summed E-state index contributed by atoms with van der Waals surface area (Å²) in [6.07, 6.45) is 5.02. The van der Waals surface area contributed by atoms with Crippen LogP contribution >= 0.6 is 12.4 Å². The van der Waals surface area contributed by atoms with Gasteiger partial charge in [-0.1, -0.05) is 19.8 Å².